The van der Waals surface area contributed by atoms with Gasteiger partial charge >= 0.3 is 0 Å². The number of aldehydes is 1. The van der Waals surface area contributed by atoms with E-state index in [1.807, 2.05) is 0 Å². The Morgan fingerprint density at radius 3 is 2.93 bits per heavy atom. The van der Waals surface area contributed by atoms with E-state index in [0.717, 1.165) is 22.9 Å². The second-order valence-electron chi connectivity index (χ2n) is 2.96. The van der Waals surface area contributed by atoms with Crippen LogP contribution in [0.4, 0.5) is 0 Å². The minimum Gasteiger partial charge on any atom is -0.492 e. The van der Waals surface area contributed by atoms with Crippen molar-refractivity contribution < 1.29 is 9.53 Å². The van der Waals surface area contributed by atoms with E-state index in [-0.39, 0.29) is 0 Å². The predicted molar refractivity (Wildman–Crippen MR) is 63.1 cm³/mol. The molecule has 1 aromatic rings. The molecule has 0 aliphatic heterocycles. The number of carbonyl (C=O) groups is 1. The fourth-order valence-electron chi connectivity index (χ4n) is 1.06. The lowest BCUT2D eigenvalue weighted by molar-refractivity contribution is 0.112. The highest BCUT2D eigenvalue weighted by molar-refractivity contribution is 9.10. The van der Waals surface area contributed by atoms with Gasteiger partial charge in [-0.3, -0.25) is 4.79 Å². The van der Waals surface area contributed by atoms with Crippen LogP contribution in [0.1, 0.15) is 23.2 Å². The zero-order chi connectivity index (χ0) is 11.1. The molecule has 0 saturated carbocycles. The van der Waals surface area contributed by atoms with Crippen molar-refractivity contribution in [2.24, 2.45) is 0 Å². The molecule has 0 spiro atoms. The van der Waals surface area contributed by atoms with Crippen molar-refractivity contribution >= 4 is 22.2 Å². The lowest BCUT2D eigenvalue weighted by atomic mass is 10.2. The zero-order valence-electron chi connectivity index (χ0n) is 8.20. The van der Waals surface area contributed by atoms with Gasteiger partial charge in [0.15, 0.2) is 0 Å². The average Bonchev–Trinajstić information content (AvgIpc) is 2.26. The Balaban J connectivity index is 2.55. The monoisotopic (exact) mass is 266 g/mol. The molecule has 0 aliphatic carbocycles. The molecule has 2 nitrogen and oxygen atoms in total. The maximum Gasteiger partial charge on any atom is 0.150 e. The maximum absolute atomic E-state index is 10.5. The van der Waals surface area contributed by atoms with Gasteiger partial charge < -0.3 is 4.74 Å². The Morgan fingerprint density at radius 1 is 1.53 bits per heavy atom. The van der Waals surface area contributed by atoms with Crippen molar-refractivity contribution in [1.82, 2.24) is 0 Å². The van der Waals surface area contributed by atoms with Gasteiger partial charge in [0.25, 0.3) is 0 Å². The molecule has 0 radical (unpaired) electrons. The first-order chi connectivity index (χ1) is 7.27. The van der Waals surface area contributed by atoms with Gasteiger partial charge in [0, 0.05) is 12.0 Å². The Hall–Kier alpha value is -1.27. The van der Waals surface area contributed by atoms with Crippen LogP contribution in [-0.4, -0.2) is 12.9 Å². The second-order valence-corrected chi connectivity index (χ2v) is 3.82. The molecule has 78 valence electrons. The van der Waals surface area contributed by atoms with Crippen molar-refractivity contribution in [3.8, 4) is 18.1 Å². The molecule has 0 heterocycles. The molecule has 0 atom stereocenters. The molecule has 0 unspecified atom stereocenters. The van der Waals surface area contributed by atoms with Gasteiger partial charge in [0.2, 0.25) is 0 Å². The summed E-state index contributed by atoms with van der Waals surface area (Å²) >= 11 is 3.33. The summed E-state index contributed by atoms with van der Waals surface area (Å²) in [4.78, 5) is 10.5. The highest BCUT2D eigenvalue weighted by atomic mass is 79.9. The van der Waals surface area contributed by atoms with Crippen LogP contribution in [0.2, 0.25) is 0 Å². The minimum absolute atomic E-state index is 0.587. The number of halogens is 1. The Morgan fingerprint density at radius 2 is 2.33 bits per heavy atom. The fraction of sp³-hybridized carbons (Fsp3) is 0.250. The van der Waals surface area contributed by atoms with Crippen LogP contribution in [0.5, 0.6) is 5.75 Å². The van der Waals surface area contributed by atoms with E-state index >= 15 is 0 Å². The average molecular weight is 267 g/mol. The van der Waals surface area contributed by atoms with Gasteiger partial charge in [-0.2, -0.15) is 0 Å². The second kappa shape index (κ2) is 6.26. The van der Waals surface area contributed by atoms with Gasteiger partial charge in [-0.15, -0.1) is 12.3 Å². The quantitative estimate of drug-likeness (QED) is 0.465. The summed E-state index contributed by atoms with van der Waals surface area (Å²) in [5.74, 6) is 3.28. The van der Waals surface area contributed by atoms with Crippen LogP contribution in [0.15, 0.2) is 22.7 Å². The number of benzene rings is 1. The van der Waals surface area contributed by atoms with Crippen molar-refractivity contribution in [3.05, 3.63) is 28.2 Å². The predicted octanol–water partition coefficient (Wildman–Crippen LogP) is 3.05. The molecule has 0 fully saturated rings. The van der Waals surface area contributed by atoms with E-state index in [4.69, 9.17) is 11.2 Å². The number of hydrogen-bond donors (Lipinski definition) is 0. The van der Waals surface area contributed by atoms with Gasteiger partial charge in [0.05, 0.1) is 11.1 Å². The number of rotatable bonds is 5. The summed E-state index contributed by atoms with van der Waals surface area (Å²) in [7, 11) is 0. The van der Waals surface area contributed by atoms with Gasteiger partial charge in [-0.1, -0.05) is 0 Å². The standard InChI is InChI=1S/C12H11BrO2/c1-2-3-4-7-15-12-6-5-10(9-14)8-11(12)13/h1,5-6,8-9H,3-4,7H2. The van der Waals surface area contributed by atoms with Crippen LogP contribution in [0, 0.1) is 12.3 Å². The first-order valence-corrected chi connectivity index (χ1v) is 5.38. The number of carbonyl (C=O) groups excluding carboxylic acids is 1. The Labute approximate surface area is 97.8 Å². The highest BCUT2D eigenvalue weighted by Gasteiger charge is 2.01. The molecule has 0 bridgehead atoms. The van der Waals surface area contributed by atoms with Gasteiger partial charge in [0.1, 0.15) is 12.0 Å². The Kier molecular flexibility index (Phi) is 4.92. The molecule has 1 aromatic carbocycles. The smallest absolute Gasteiger partial charge is 0.150 e. The van der Waals surface area contributed by atoms with Crippen LogP contribution < -0.4 is 4.74 Å². The summed E-state index contributed by atoms with van der Waals surface area (Å²) in [6.07, 6.45) is 7.46. The van der Waals surface area contributed by atoms with Crippen molar-refractivity contribution in [2.75, 3.05) is 6.61 Å². The first kappa shape index (κ1) is 11.8. The van der Waals surface area contributed by atoms with Crippen molar-refractivity contribution in [1.29, 1.82) is 0 Å². The third-order valence-corrected chi connectivity index (χ3v) is 2.43. The van der Waals surface area contributed by atoms with Crippen molar-refractivity contribution in [2.45, 2.75) is 12.8 Å². The summed E-state index contributed by atoms with van der Waals surface area (Å²) in [6.45, 7) is 0.587. The third-order valence-electron chi connectivity index (χ3n) is 1.82. The molecule has 0 aliphatic rings. The third kappa shape index (κ3) is 3.77. The number of unbranched alkanes of at least 4 members (excludes halogenated alkanes) is 1. The van der Waals surface area contributed by atoms with Crippen LogP contribution in [-0.2, 0) is 0 Å². The van der Waals surface area contributed by atoms with Crippen LogP contribution in [0.3, 0.4) is 0 Å². The molecular formula is C12H11BrO2. The maximum atomic E-state index is 10.5. The highest BCUT2D eigenvalue weighted by Crippen LogP contribution is 2.25. The van der Waals surface area contributed by atoms with Gasteiger partial charge in [-0.05, 0) is 40.5 Å². The van der Waals surface area contributed by atoms with E-state index in [0.29, 0.717) is 18.6 Å². The molecule has 3 heteroatoms. The molecule has 0 N–H and O–H groups in total. The lowest BCUT2D eigenvalue weighted by Gasteiger charge is -2.07. The molecule has 1 rings (SSSR count). The lowest BCUT2D eigenvalue weighted by Crippen LogP contribution is -1.97. The number of ether oxygens (including phenoxy) is 1. The zero-order valence-corrected chi connectivity index (χ0v) is 9.79. The van der Waals surface area contributed by atoms with Crippen molar-refractivity contribution in [3.63, 3.8) is 0 Å². The van der Waals surface area contributed by atoms with E-state index in [2.05, 4.69) is 21.9 Å². The summed E-state index contributed by atoms with van der Waals surface area (Å²) in [5, 5.41) is 0. The summed E-state index contributed by atoms with van der Waals surface area (Å²) in [5.41, 5.74) is 0.623. The normalized spacial score (nSPS) is 9.33. The molecule has 0 aromatic heterocycles. The SMILES string of the molecule is C#CCCCOc1ccc(C=O)cc1Br. The van der Waals surface area contributed by atoms with E-state index in [1.54, 1.807) is 18.2 Å². The van der Waals surface area contributed by atoms with E-state index < -0.39 is 0 Å². The molecule has 15 heavy (non-hydrogen) atoms. The first-order valence-electron chi connectivity index (χ1n) is 4.59. The minimum atomic E-state index is 0.587. The number of terminal acetylenes is 1. The van der Waals surface area contributed by atoms with Gasteiger partial charge in [-0.25, -0.2) is 0 Å². The summed E-state index contributed by atoms with van der Waals surface area (Å²) < 4.78 is 6.26. The number of hydrogen-bond acceptors (Lipinski definition) is 2. The summed E-state index contributed by atoms with van der Waals surface area (Å²) in [6, 6.07) is 5.21. The van der Waals surface area contributed by atoms with Crippen LogP contribution >= 0.6 is 15.9 Å². The van der Waals surface area contributed by atoms with Crippen LogP contribution in [0.25, 0.3) is 0 Å². The molecule has 0 amide bonds. The van der Waals surface area contributed by atoms with E-state index in [1.165, 1.54) is 0 Å². The fourth-order valence-corrected chi connectivity index (χ4v) is 1.57. The Bertz CT molecular complexity index is 380. The topological polar surface area (TPSA) is 26.3 Å². The largest absolute Gasteiger partial charge is 0.492 e. The molecular weight excluding hydrogens is 256 g/mol. The molecule has 0 saturated heterocycles. The van der Waals surface area contributed by atoms with E-state index in [9.17, 15) is 4.79 Å².